The van der Waals surface area contributed by atoms with E-state index >= 15 is 0 Å². The van der Waals surface area contributed by atoms with Crippen molar-refractivity contribution in [1.82, 2.24) is 4.90 Å². The van der Waals surface area contributed by atoms with Crippen LogP contribution >= 0.6 is 0 Å². The van der Waals surface area contributed by atoms with Crippen molar-refractivity contribution in [3.63, 3.8) is 0 Å². The molecule has 0 aliphatic heterocycles. The van der Waals surface area contributed by atoms with E-state index in [1.54, 1.807) is 0 Å². The number of rotatable bonds is 0. The molecule has 16 heavy (non-hydrogen) atoms. The van der Waals surface area contributed by atoms with Crippen LogP contribution in [-0.4, -0.2) is 31.8 Å². The smallest absolute Gasteiger partial charge is 0.126 e. The first-order valence-corrected chi connectivity index (χ1v) is 5.55. The van der Waals surface area contributed by atoms with Crippen LogP contribution in [0.25, 0.3) is 0 Å². The van der Waals surface area contributed by atoms with Gasteiger partial charge in [0.25, 0.3) is 0 Å². The summed E-state index contributed by atoms with van der Waals surface area (Å²) in [4.78, 5) is 11.4. The summed E-state index contributed by atoms with van der Waals surface area (Å²) in [5.74, 6) is 0.167. The van der Waals surface area contributed by atoms with Crippen molar-refractivity contribution in [1.29, 1.82) is 0 Å². The summed E-state index contributed by atoms with van der Waals surface area (Å²) in [5.41, 5.74) is 0. The van der Waals surface area contributed by atoms with Gasteiger partial charge in [-0.2, -0.15) is 0 Å². The molecule has 0 aliphatic carbocycles. The topological polar surface area (TPSA) is 20.3 Å². The van der Waals surface area contributed by atoms with Gasteiger partial charge in [-0.3, -0.25) is 0 Å². The summed E-state index contributed by atoms with van der Waals surface area (Å²) < 4.78 is 0. The molecule has 0 atom stereocenters. The third-order valence-corrected chi connectivity index (χ3v) is 0.667. The van der Waals surface area contributed by atoms with Gasteiger partial charge < -0.3 is 9.69 Å². The van der Waals surface area contributed by atoms with Crippen molar-refractivity contribution in [2.45, 2.75) is 27.7 Å². The van der Waals surface area contributed by atoms with E-state index in [0.717, 1.165) is 0 Å². The minimum atomic E-state index is 0.167. The van der Waals surface area contributed by atoms with Crippen LogP contribution in [0.5, 0.6) is 0 Å². The number of hydrogen-bond acceptors (Lipinski definition) is 2. The largest absolute Gasteiger partial charge is 0.312 e. The highest BCUT2D eigenvalue weighted by Crippen LogP contribution is 1.79. The van der Waals surface area contributed by atoms with Gasteiger partial charge >= 0.3 is 0 Å². The molecule has 0 saturated heterocycles. The molecule has 0 amide bonds. The van der Waals surface area contributed by atoms with Crippen LogP contribution < -0.4 is 0 Å². The molecule has 0 radical (unpaired) electrons. The summed E-state index contributed by atoms with van der Waals surface area (Å²) in [7, 11) is 6.00. The Labute approximate surface area is 101 Å². The Bertz CT molecular complexity index is 174. The molecule has 1 rings (SSSR count). The van der Waals surface area contributed by atoms with E-state index in [4.69, 9.17) is 0 Å². The number of nitrogens with zero attached hydrogens (tertiary/aromatic N) is 1. The van der Waals surface area contributed by atoms with Crippen LogP contribution in [0.3, 0.4) is 0 Å². The van der Waals surface area contributed by atoms with Crippen molar-refractivity contribution >= 4 is 5.78 Å². The highest BCUT2D eigenvalue weighted by molar-refractivity contribution is 5.72. The summed E-state index contributed by atoms with van der Waals surface area (Å²) in [6.07, 6.45) is 0. The summed E-state index contributed by atoms with van der Waals surface area (Å²) >= 11 is 0. The van der Waals surface area contributed by atoms with Gasteiger partial charge in [-0.05, 0) is 35.0 Å². The highest BCUT2D eigenvalue weighted by atomic mass is 16.1. The number of benzene rings is 1. The van der Waals surface area contributed by atoms with E-state index in [1.807, 2.05) is 76.3 Å². The van der Waals surface area contributed by atoms with Crippen LogP contribution in [0.2, 0.25) is 0 Å². The SMILES string of the molecule is CC.CC(C)=O.CN(C)C.c1ccccc1. The fourth-order valence-electron chi connectivity index (χ4n) is 0.385. The number of carbonyl (C=O) groups is 1. The third-order valence-electron chi connectivity index (χ3n) is 0.667. The lowest BCUT2D eigenvalue weighted by molar-refractivity contribution is -0.114. The second-order valence-corrected chi connectivity index (χ2v) is 3.40. The molecule has 2 heteroatoms. The minimum Gasteiger partial charge on any atom is -0.312 e. The average Bonchev–Trinajstić information content (AvgIpc) is 2.22. The number of ketones is 1. The maximum atomic E-state index is 9.44. The number of Topliss-reactive ketones (excluding diaryl/α,β-unsaturated/α-hetero) is 1. The van der Waals surface area contributed by atoms with E-state index in [2.05, 4.69) is 0 Å². The summed E-state index contributed by atoms with van der Waals surface area (Å²) in [6, 6.07) is 12.0. The maximum Gasteiger partial charge on any atom is 0.126 e. The highest BCUT2D eigenvalue weighted by Gasteiger charge is 1.62. The zero-order chi connectivity index (χ0) is 13.4. The molecule has 0 bridgehead atoms. The zero-order valence-electron chi connectivity index (χ0n) is 11.8. The molecule has 0 fully saturated rings. The zero-order valence-corrected chi connectivity index (χ0v) is 11.8. The first-order chi connectivity index (χ1) is 7.46. The normalized spacial score (nSPS) is 7.25. The maximum absolute atomic E-state index is 9.44. The van der Waals surface area contributed by atoms with Gasteiger partial charge in [-0.25, -0.2) is 0 Å². The molecule has 0 heterocycles. The van der Waals surface area contributed by atoms with Gasteiger partial charge in [0.05, 0.1) is 0 Å². The van der Waals surface area contributed by atoms with Crippen molar-refractivity contribution < 1.29 is 4.79 Å². The van der Waals surface area contributed by atoms with Crippen LogP contribution in [0.4, 0.5) is 0 Å². The Morgan fingerprint density at radius 3 is 0.875 bits per heavy atom. The molecule has 1 aromatic rings. The summed E-state index contributed by atoms with van der Waals surface area (Å²) in [6.45, 7) is 7.06. The molecular weight excluding hydrogens is 198 g/mol. The molecular formula is C14H27NO. The monoisotopic (exact) mass is 225 g/mol. The lowest BCUT2D eigenvalue weighted by atomic mass is 10.4. The molecule has 0 unspecified atom stereocenters. The van der Waals surface area contributed by atoms with Crippen LogP contribution in [-0.2, 0) is 4.79 Å². The second-order valence-electron chi connectivity index (χ2n) is 3.40. The van der Waals surface area contributed by atoms with Gasteiger partial charge in [0.2, 0.25) is 0 Å². The van der Waals surface area contributed by atoms with E-state index in [9.17, 15) is 4.79 Å². The molecule has 0 N–H and O–H groups in total. The fourth-order valence-corrected chi connectivity index (χ4v) is 0.385. The van der Waals surface area contributed by atoms with Crippen molar-refractivity contribution in [2.24, 2.45) is 0 Å². The molecule has 2 nitrogen and oxygen atoms in total. The second kappa shape index (κ2) is 19.4. The fraction of sp³-hybridized carbons (Fsp3) is 0.500. The van der Waals surface area contributed by atoms with E-state index < -0.39 is 0 Å². The van der Waals surface area contributed by atoms with Gasteiger partial charge in [0, 0.05) is 0 Å². The Balaban J connectivity index is -0.000000152. The first kappa shape index (κ1) is 20.3. The molecule has 0 spiro atoms. The Morgan fingerprint density at radius 2 is 0.812 bits per heavy atom. The molecule has 0 saturated carbocycles. The van der Waals surface area contributed by atoms with Crippen LogP contribution in [0.1, 0.15) is 27.7 Å². The lowest BCUT2D eigenvalue weighted by Crippen LogP contribution is -1.99. The molecule has 94 valence electrons. The third kappa shape index (κ3) is 76.7. The van der Waals surface area contributed by atoms with Crippen molar-refractivity contribution in [3.05, 3.63) is 36.4 Å². The molecule has 0 aromatic heterocycles. The Kier molecular flexibility index (Phi) is 24.6. The van der Waals surface area contributed by atoms with E-state index in [0.29, 0.717) is 0 Å². The van der Waals surface area contributed by atoms with E-state index in [-0.39, 0.29) is 5.78 Å². The Hall–Kier alpha value is -1.15. The van der Waals surface area contributed by atoms with Gasteiger partial charge in [-0.15, -0.1) is 0 Å². The minimum absolute atomic E-state index is 0.167. The predicted molar refractivity (Wildman–Crippen MR) is 73.8 cm³/mol. The van der Waals surface area contributed by atoms with Crippen LogP contribution in [0.15, 0.2) is 36.4 Å². The average molecular weight is 225 g/mol. The lowest BCUT2D eigenvalue weighted by Gasteiger charge is -1.90. The first-order valence-electron chi connectivity index (χ1n) is 5.55. The van der Waals surface area contributed by atoms with Crippen molar-refractivity contribution in [3.8, 4) is 0 Å². The van der Waals surface area contributed by atoms with Crippen LogP contribution in [0, 0.1) is 0 Å². The number of hydrogen-bond donors (Lipinski definition) is 0. The van der Waals surface area contributed by atoms with E-state index in [1.165, 1.54) is 13.8 Å². The summed E-state index contributed by atoms with van der Waals surface area (Å²) in [5, 5.41) is 0. The van der Waals surface area contributed by atoms with Crippen molar-refractivity contribution in [2.75, 3.05) is 21.1 Å². The molecule has 1 aromatic carbocycles. The Morgan fingerprint density at radius 1 is 0.750 bits per heavy atom. The van der Waals surface area contributed by atoms with Gasteiger partial charge in [-0.1, -0.05) is 50.2 Å². The standard InChI is InChI=1S/C6H6.C3H9N.C3H6O.C2H6/c1-2-4-6-5-3-1;1-4(2)3;1-3(2)4;1-2/h1-6H;1-3H3;1-2H3;1-2H3. The quantitative estimate of drug-likeness (QED) is 0.673. The number of carbonyl (C=O) groups excluding carboxylic acids is 1. The van der Waals surface area contributed by atoms with Gasteiger partial charge in [0.15, 0.2) is 0 Å². The molecule has 0 aliphatic rings. The van der Waals surface area contributed by atoms with Gasteiger partial charge in [0.1, 0.15) is 5.78 Å². The predicted octanol–water partition coefficient (Wildman–Crippen LogP) is 3.49.